The first-order chi connectivity index (χ1) is 14.9. The number of ether oxygens (including phenoxy) is 2. The van der Waals surface area contributed by atoms with Crippen molar-refractivity contribution in [2.24, 2.45) is 0 Å². The summed E-state index contributed by atoms with van der Waals surface area (Å²) in [5.74, 6) is -0.608. The Morgan fingerprint density at radius 3 is 2.55 bits per heavy atom. The minimum absolute atomic E-state index is 0.0130. The van der Waals surface area contributed by atoms with Gasteiger partial charge in [0.1, 0.15) is 17.9 Å². The van der Waals surface area contributed by atoms with E-state index in [1.165, 1.54) is 6.42 Å². The predicted molar refractivity (Wildman–Crippen MR) is 116 cm³/mol. The number of nitrogens with zero attached hydrogens (tertiary/aromatic N) is 1. The van der Waals surface area contributed by atoms with Crippen molar-refractivity contribution in [3.63, 3.8) is 0 Å². The Morgan fingerprint density at radius 2 is 1.90 bits per heavy atom. The number of hydrogen-bond donors (Lipinski definition) is 3. The van der Waals surface area contributed by atoms with Crippen LogP contribution in [0.2, 0.25) is 0 Å². The fourth-order valence-electron chi connectivity index (χ4n) is 4.31. The molecule has 0 saturated heterocycles. The van der Waals surface area contributed by atoms with E-state index in [0.29, 0.717) is 22.3 Å². The van der Waals surface area contributed by atoms with Crippen LogP contribution in [0, 0.1) is 6.92 Å². The summed E-state index contributed by atoms with van der Waals surface area (Å²) in [7, 11) is 0. The number of nitrogens with one attached hydrogen (secondary N) is 1. The molecule has 0 radical (unpaired) electrons. The third-order valence-corrected chi connectivity index (χ3v) is 6.24. The molecule has 2 aromatic rings. The number of rotatable bonds is 7. The molecule has 2 fully saturated rings. The van der Waals surface area contributed by atoms with Gasteiger partial charge in [-0.15, -0.1) is 0 Å². The summed E-state index contributed by atoms with van der Waals surface area (Å²) in [5, 5.41) is 13.1. The van der Waals surface area contributed by atoms with Gasteiger partial charge < -0.3 is 25.6 Å². The van der Waals surface area contributed by atoms with Gasteiger partial charge in [0.05, 0.1) is 34.5 Å². The minimum atomic E-state index is -1.10. The number of aromatic carboxylic acids is 1. The second-order valence-electron chi connectivity index (χ2n) is 8.46. The molecule has 2 saturated carbocycles. The van der Waals surface area contributed by atoms with Crippen molar-refractivity contribution >= 4 is 28.5 Å². The van der Waals surface area contributed by atoms with Crippen molar-refractivity contribution in [3.8, 4) is 5.75 Å². The van der Waals surface area contributed by atoms with Crippen molar-refractivity contribution < 1.29 is 24.2 Å². The van der Waals surface area contributed by atoms with E-state index in [9.17, 15) is 14.7 Å². The van der Waals surface area contributed by atoms with Gasteiger partial charge in [-0.05, 0) is 64.0 Å². The fourth-order valence-corrected chi connectivity index (χ4v) is 4.31. The lowest BCUT2D eigenvalue weighted by Crippen LogP contribution is -2.42. The van der Waals surface area contributed by atoms with Crippen LogP contribution in [0.15, 0.2) is 18.2 Å². The van der Waals surface area contributed by atoms with Gasteiger partial charge in [-0.1, -0.05) is 6.07 Å². The molecule has 1 aromatic heterocycles. The van der Waals surface area contributed by atoms with Gasteiger partial charge in [-0.2, -0.15) is 0 Å². The molecule has 0 spiro atoms. The van der Waals surface area contributed by atoms with E-state index in [-0.39, 0.29) is 42.0 Å². The second kappa shape index (κ2) is 9.09. The van der Waals surface area contributed by atoms with Gasteiger partial charge in [0.2, 0.25) is 5.91 Å². The van der Waals surface area contributed by atoms with Gasteiger partial charge in [-0.3, -0.25) is 9.78 Å². The number of aromatic nitrogens is 1. The normalized spacial score (nSPS) is 21.5. The number of aryl methyl sites for hydroxylation is 1. The Balaban J connectivity index is 1.37. The van der Waals surface area contributed by atoms with Gasteiger partial charge >= 0.3 is 5.97 Å². The summed E-state index contributed by atoms with van der Waals surface area (Å²) in [4.78, 5) is 28.1. The molecule has 8 heteroatoms. The van der Waals surface area contributed by atoms with Gasteiger partial charge in [-0.25, -0.2) is 4.79 Å². The van der Waals surface area contributed by atoms with Gasteiger partial charge in [0, 0.05) is 6.04 Å². The van der Waals surface area contributed by atoms with Crippen LogP contribution in [0.3, 0.4) is 0 Å². The summed E-state index contributed by atoms with van der Waals surface area (Å²) in [6.45, 7) is 1.77. The molecule has 0 bridgehead atoms. The largest absolute Gasteiger partial charge is 0.490 e. The lowest BCUT2D eigenvalue weighted by molar-refractivity contribution is -0.130. The Kier molecular flexibility index (Phi) is 6.27. The monoisotopic (exact) mass is 427 g/mol. The number of anilines is 1. The highest BCUT2D eigenvalue weighted by Gasteiger charge is 2.26. The lowest BCUT2D eigenvalue weighted by Gasteiger charge is -2.30. The van der Waals surface area contributed by atoms with E-state index in [0.717, 1.165) is 38.5 Å². The number of carboxylic acids is 1. The number of amides is 1. The van der Waals surface area contributed by atoms with E-state index in [2.05, 4.69) is 10.3 Å². The number of hydrogen-bond acceptors (Lipinski definition) is 6. The number of fused-ring (bicyclic) bond motifs is 1. The molecule has 166 valence electrons. The molecule has 31 heavy (non-hydrogen) atoms. The molecule has 4 N–H and O–H groups in total. The molecule has 1 amide bonds. The lowest BCUT2D eigenvalue weighted by atomic mass is 9.92. The number of nitrogens with two attached hydrogens (primary N) is 1. The second-order valence-corrected chi connectivity index (χ2v) is 8.46. The number of pyridine rings is 1. The van der Waals surface area contributed by atoms with Crippen molar-refractivity contribution in [1.82, 2.24) is 10.3 Å². The van der Waals surface area contributed by atoms with Gasteiger partial charge in [0.15, 0.2) is 0 Å². The van der Waals surface area contributed by atoms with Crippen molar-refractivity contribution in [2.45, 2.75) is 70.1 Å². The van der Waals surface area contributed by atoms with E-state index >= 15 is 0 Å². The molecule has 0 unspecified atom stereocenters. The van der Waals surface area contributed by atoms with Crippen LogP contribution in [0.5, 0.6) is 5.75 Å². The number of carbonyl (C=O) groups is 2. The molecule has 4 rings (SSSR count). The molecule has 2 aliphatic rings. The molecule has 0 atom stereocenters. The van der Waals surface area contributed by atoms with E-state index < -0.39 is 5.97 Å². The van der Waals surface area contributed by atoms with E-state index in [4.69, 9.17) is 15.2 Å². The first-order valence-electron chi connectivity index (χ1n) is 10.9. The third-order valence-electron chi connectivity index (χ3n) is 6.24. The van der Waals surface area contributed by atoms with Crippen LogP contribution in [-0.4, -0.2) is 46.8 Å². The van der Waals surface area contributed by atoms with Crippen LogP contribution in [-0.2, 0) is 9.53 Å². The highest BCUT2D eigenvalue weighted by molar-refractivity contribution is 6.06. The molecule has 8 nitrogen and oxygen atoms in total. The highest BCUT2D eigenvalue weighted by atomic mass is 16.5. The predicted octanol–water partition coefficient (Wildman–Crippen LogP) is 3.20. The van der Waals surface area contributed by atoms with Crippen molar-refractivity contribution in [3.05, 3.63) is 29.5 Å². The zero-order valence-electron chi connectivity index (χ0n) is 17.7. The Morgan fingerprint density at radius 1 is 1.16 bits per heavy atom. The zero-order valence-corrected chi connectivity index (χ0v) is 17.7. The summed E-state index contributed by atoms with van der Waals surface area (Å²) in [6, 6.07) is 5.55. The molecule has 2 aliphatic carbocycles. The first-order valence-corrected chi connectivity index (χ1v) is 10.9. The van der Waals surface area contributed by atoms with Crippen LogP contribution < -0.4 is 15.8 Å². The number of carboxylic acid groups (broad SMARTS) is 1. The maximum atomic E-state index is 12.1. The average molecular weight is 428 g/mol. The summed E-state index contributed by atoms with van der Waals surface area (Å²) < 4.78 is 11.8. The summed E-state index contributed by atoms with van der Waals surface area (Å²) in [6.07, 6.45) is 6.73. The smallest absolute Gasteiger partial charge is 0.339 e. The average Bonchev–Trinajstić information content (AvgIpc) is 2.68. The maximum absolute atomic E-state index is 12.1. The molecular formula is C23H29N3O5. The first kappa shape index (κ1) is 21.4. The van der Waals surface area contributed by atoms with Crippen LogP contribution in [0.1, 0.15) is 61.0 Å². The zero-order chi connectivity index (χ0) is 22.0. The number of carbonyl (C=O) groups excluding carboxylic acids is 1. The Bertz CT molecular complexity index is 981. The summed E-state index contributed by atoms with van der Waals surface area (Å²) >= 11 is 0. The van der Waals surface area contributed by atoms with Crippen LogP contribution in [0.25, 0.3) is 10.9 Å². The van der Waals surface area contributed by atoms with Crippen LogP contribution >= 0.6 is 0 Å². The standard InChI is InChI=1S/C23H29N3O5/c1-13-20(23(28)29)22(24)21-17(25-13)6-3-7-18(21)31-16-10-8-14(9-11-16)26-19(27)12-30-15-4-2-5-15/h3,6-7,14-16H,2,4-5,8-12H2,1H3,(H2,24,25)(H,26,27)(H,28,29). The maximum Gasteiger partial charge on any atom is 0.339 e. The highest BCUT2D eigenvalue weighted by Crippen LogP contribution is 2.35. The number of benzene rings is 1. The molecule has 1 heterocycles. The Hall–Kier alpha value is -2.87. The minimum Gasteiger partial charge on any atom is -0.490 e. The van der Waals surface area contributed by atoms with Gasteiger partial charge in [0.25, 0.3) is 0 Å². The molecule has 0 aliphatic heterocycles. The molecule has 1 aromatic carbocycles. The summed E-state index contributed by atoms with van der Waals surface area (Å²) in [5.41, 5.74) is 7.40. The number of nitrogen functional groups attached to an aromatic ring is 1. The quantitative estimate of drug-likeness (QED) is 0.620. The SMILES string of the molecule is Cc1nc2cccc(OC3CCC(NC(=O)COC4CCC4)CC3)c2c(N)c1C(=O)O. The van der Waals surface area contributed by atoms with E-state index in [1.807, 2.05) is 6.07 Å². The fraction of sp³-hybridized carbons (Fsp3) is 0.522. The third kappa shape index (κ3) is 4.74. The van der Waals surface area contributed by atoms with Crippen molar-refractivity contribution in [2.75, 3.05) is 12.3 Å². The Labute approximate surface area is 181 Å². The topological polar surface area (TPSA) is 124 Å². The van der Waals surface area contributed by atoms with E-state index in [1.54, 1.807) is 19.1 Å². The molecular weight excluding hydrogens is 398 g/mol. The van der Waals surface area contributed by atoms with Crippen molar-refractivity contribution in [1.29, 1.82) is 0 Å². The van der Waals surface area contributed by atoms with Crippen LogP contribution in [0.4, 0.5) is 5.69 Å².